The topological polar surface area (TPSA) is 12.0 Å². The second-order valence-electron chi connectivity index (χ2n) is 4.81. The average Bonchev–Trinajstić information content (AvgIpc) is 2.15. The highest BCUT2D eigenvalue weighted by Gasteiger charge is 2.24. The van der Waals surface area contributed by atoms with Crippen LogP contribution in [0.25, 0.3) is 0 Å². The highest BCUT2D eigenvalue weighted by molar-refractivity contribution is 5.23. The van der Waals surface area contributed by atoms with Gasteiger partial charge in [-0.15, -0.1) is 0 Å². The Morgan fingerprint density at radius 2 is 1.87 bits per heavy atom. The normalized spacial score (nSPS) is 20.4. The first kappa shape index (κ1) is 12.2. The van der Waals surface area contributed by atoms with Crippen molar-refractivity contribution in [2.75, 3.05) is 39.8 Å². The van der Waals surface area contributed by atoms with Gasteiger partial charge in [0.15, 0.2) is 0 Å². The zero-order chi connectivity index (χ0) is 11.3. The summed E-state index contributed by atoms with van der Waals surface area (Å²) >= 11 is 0. The molecule has 84 valence electrons. The van der Waals surface area contributed by atoms with Gasteiger partial charge in [0.05, 0.1) is 20.1 Å². The number of nitrogens with one attached hydrogen (secondary N) is 1. The van der Waals surface area contributed by atoms with Gasteiger partial charge in [-0.05, 0) is 12.5 Å². The van der Waals surface area contributed by atoms with Gasteiger partial charge in [-0.25, -0.2) is 0 Å². The maximum absolute atomic E-state index is 4.10. The van der Waals surface area contributed by atoms with Crippen LogP contribution in [0.1, 0.15) is 6.92 Å². The summed E-state index contributed by atoms with van der Waals surface area (Å²) in [6.45, 7) is 15.6. The number of quaternary nitrogens is 1. The zero-order valence-electron chi connectivity index (χ0n) is 10.1. The minimum Gasteiger partial charge on any atom is -0.320 e. The molecule has 0 atom stereocenters. The standard InChI is InChI=1S/C13H23N2/c1-12(2)5-6-13(3)11-15(4)9-7-14-8-10-15/h5-6,14H,1,3,7-11H2,2,4H3/q+1/b6-5-. The van der Waals surface area contributed by atoms with Crippen molar-refractivity contribution in [2.45, 2.75) is 6.92 Å². The number of hydrogen-bond acceptors (Lipinski definition) is 1. The fourth-order valence-corrected chi connectivity index (χ4v) is 1.90. The van der Waals surface area contributed by atoms with E-state index in [4.69, 9.17) is 0 Å². The molecular formula is C13H23N2+. The van der Waals surface area contributed by atoms with E-state index < -0.39 is 0 Å². The summed E-state index contributed by atoms with van der Waals surface area (Å²) in [4.78, 5) is 0. The van der Waals surface area contributed by atoms with Gasteiger partial charge < -0.3 is 9.80 Å². The van der Waals surface area contributed by atoms with Crippen LogP contribution < -0.4 is 5.32 Å². The van der Waals surface area contributed by atoms with Crippen LogP contribution in [0.5, 0.6) is 0 Å². The third-order valence-electron chi connectivity index (χ3n) is 2.85. The van der Waals surface area contributed by atoms with Crippen molar-refractivity contribution < 1.29 is 4.48 Å². The van der Waals surface area contributed by atoms with Gasteiger partial charge in [-0.2, -0.15) is 0 Å². The van der Waals surface area contributed by atoms with Crippen molar-refractivity contribution in [1.82, 2.24) is 5.32 Å². The Bertz CT molecular complexity index is 270. The van der Waals surface area contributed by atoms with E-state index in [-0.39, 0.29) is 0 Å². The summed E-state index contributed by atoms with van der Waals surface area (Å²) in [5.41, 5.74) is 2.28. The van der Waals surface area contributed by atoms with Gasteiger partial charge >= 0.3 is 0 Å². The molecule has 0 bridgehead atoms. The molecule has 0 radical (unpaired) electrons. The zero-order valence-corrected chi connectivity index (χ0v) is 10.1. The first-order valence-corrected chi connectivity index (χ1v) is 5.57. The van der Waals surface area contributed by atoms with Gasteiger partial charge in [-0.3, -0.25) is 0 Å². The van der Waals surface area contributed by atoms with E-state index in [1.165, 1.54) is 18.7 Å². The molecule has 2 nitrogen and oxygen atoms in total. The monoisotopic (exact) mass is 207 g/mol. The third-order valence-corrected chi connectivity index (χ3v) is 2.85. The number of nitrogens with zero attached hydrogens (tertiary/aromatic N) is 1. The average molecular weight is 207 g/mol. The van der Waals surface area contributed by atoms with Crippen molar-refractivity contribution in [2.24, 2.45) is 0 Å². The van der Waals surface area contributed by atoms with Gasteiger partial charge in [0.1, 0.15) is 6.54 Å². The SMILES string of the molecule is C=C(C)/C=C\C(=C)C[N+]1(C)CCNCC1. The number of allylic oxidation sites excluding steroid dienone is 2. The van der Waals surface area contributed by atoms with Crippen LogP contribution in [0.2, 0.25) is 0 Å². The molecular weight excluding hydrogens is 184 g/mol. The molecule has 0 saturated carbocycles. The van der Waals surface area contributed by atoms with Gasteiger partial charge in [0.2, 0.25) is 0 Å². The van der Waals surface area contributed by atoms with Crippen molar-refractivity contribution in [3.8, 4) is 0 Å². The summed E-state index contributed by atoms with van der Waals surface area (Å²) < 4.78 is 1.10. The molecule has 0 unspecified atom stereocenters. The van der Waals surface area contributed by atoms with Gasteiger partial charge in [0, 0.05) is 13.1 Å². The minimum atomic E-state index is 1.05. The lowest BCUT2D eigenvalue weighted by Crippen LogP contribution is -2.56. The lowest BCUT2D eigenvalue weighted by Gasteiger charge is -2.38. The maximum atomic E-state index is 4.10. The van der Waals surface area contributed by atoms with Crippen LogP contribution >= 0.6 is 0 Å². The maximum Gasteiger partial charge on any atom is 0.104 e. The molecule has 1 N–H and O–H groups in total. The molecule has 0 aromatic heterocycles. The number of piperazine rings is 1. The molecule has 0 aliphatic carbocycles. The Labute approximate surface area is 93.6 Å². The van der Waals surface area contributed by atoms with Crippen LogP contribution in [0.15, 0.2) is 36.5 Å². The van der Waals surface area contributed by atoms with E-state index in [1.54, 1.807) is 0 Å². The highest BCUT2D eigenvalue weighted by atomic mass is 15.4. The summed E-state index contributed by atoms with van der Waals surface area (Å²) in [5.74, 6) is 0. The number of rotatable bonds is 4. The molecule has 1 aliphatic rings. The molecule has 0 amide bonds. The first-order valence-electron chi connectivity index (χ1n) is 5.57. The molecule has 1 aliphatic heterocycles. The van der Waals surface area contributed by atoms with Crippen molar-refractivity contribution in [3.05, 3.63) is 36.5 Å². The molecule has 0 spiro atoms. The molecule has 1 saturated heterocycles. The fraction of sp³-hybridized carbons (Fsp3) is 0.538. The predicted octanol–water partition coefficient (Wildman–Crippen LogP) is 1.72. The Kier molecular flexibility index (Phi) is 4.30. The molecule has 1 heterocycles. The van der Waals surface area contributed by atoms with Crippen molar-refractivity contribution in [3.63, 3.8) is 0 Å². The van der Waals surface area contributed by atoms with Crippen LogP contribution in [-0.2, 0) is 0 Å². The van der Waals surface area contributed by atoms with Crippen LogP contribution in [-0.4, -0.2) is 44.3 Å². The van der Waals surface area contributed by atoms with Crippen LogP contribution in [0.3, 0.4) is 0 Å². The smallest absolute Gasteiger partial charge is 0.104 e. The second kappa shape index (κ2) is 5.29. The molecule has 0 aromatic carbocycles. The van der Waals surface area contributed by atoms with E-state index >= 15 is 0 Å². The largest absolute Gasteiger partial charge is 0.320 e. The summed E-state index contributed by atoms with van der Waals surface area (Å²) in [6, 6.07) is 0. The summed E-state index contributed by atoms with van der Waals surface area (Å²) in [7, 11) is 2.31. The molecule has 1 fully saturated rings. The van der Waals surface area contributed by atoms with E-state index in [9.17, 15) is 0 Å². The number of hydrogen-bond donors (Lipinski definition) is 1. The Morgan fingerprint density at radius 3 is 2.40 bits per heavy atom. The lowest BCUT2D eigenvalue weighted by molar-refractivity contribution is -0.906. The fourth-order valence-electron chi connectivity index (χ4n) is 1.90. The van der Waals surface area contributed by atoms with Crippen LogP contribution in [0.4, 0.5) is 0 Å². The van der Waals surface area contributed by atoms with E-state index in [0.29, 0.717) is 0 Å². The van der Waals surface area contributed by atoms with E-state index in [1.807, 2.05) is 13.0 Å². The quantitative estimate of drug-likeness (QED) is 0.547. The van der Waals surface area contributed by atoms with E-state index in [0.717, 1.165) is 29.7 Å². The van der Waals surface area contributed by atoms with Gasteiger partial charge in [0.25, 0.3) is 0 Å². The predicted molar refractivity (Wildman–Crippen MR) is 66.7 cm³/mol. The highest BCUT2D eigenvalue weighted by Crippen LogP contribution is 2.10. The van der Waals surface area contributed by atoms with Crippen molar-refractivity contribution in [1.29, 1.82) is 0 Å². The van der Waals surface area contributed by atoms with Crippen LogP contribution in [0, 0.1) is 0 Å². The Hall–Kier alpha value is -0.860. The molecule has 2 heteroatoms. The van der Waals surface area contributed by atoms with E-state index in [2.05, 4.69) is 31.6 Å². The van der Waals surface area contributed by atoms with Crippen molar-refractivity contribution >= 4 is 0 Å². The minimum absolute atomic E-state index is 1.05. The third kappa shape index (κ3) is 4.45. The second-order valence-corrected chi connectivity index (χ2v) is 4.81. The summed E-state index contributed by atoms with van der Waals surface area (Å²) in [6.07, 6.45) is 4.13. The Balaban J connectivity index is 2.45. The lowest BCUT2D eigenvalue weighted by atomic mass is 10.2. The Morgan fingerprint density at radius 1 is 1.27 bits per heavy atom. The summed E-state index contributed by atoms with van der Waals surface area (Å²) in [5, 5.41) is 3.39. The number of likely N-dealkylation sites (N-methyl/N-ethyl adjacent to an activating group) is 1. The molecule has 0 aromatic rings. The first-order chi connectivity index (χ1) is 7.02. The van der Waals surface area contributed by atoms with Gasteiger partial charge in [-0.1, -0.05) is 30.9 Å². The molecule has 1 rings (SSSR count). The molecule has 15 heavy (non-hydrogen) atoms.